The number of anilines is 1. The van der Waals surface area contributed by atoms with Gasteiger partial charge in [-0.2, -0.15) is 0 Å². The lowest BCUT2D eigenvalue weighted by molar-refractivity contribution is -0.141. The zero-order valence-corrected chi connectivity index (χ0v) is 11.8. The number of rotatable bonds is 4. The van der Waals surface area contributed by atoms with Gasteiger partial charge in [-0.3, -0.25) is 9.69 Å². The summed E-state index contributed by atoms with van der Waals surface area (Å²) in [7, 11) is 0. The van der Waals surface area contributed by atoms with Crippen LogP contribution in [0.4, 0.5) is 10.5 Å². The Hall–Kier alpha value is -2.04. The lowest BCUT2D eigenvalue weighted by atomic mass is 10.1. The normalized spacial score (nSPS) is 18.5. The van der Waals surface area contributed by atoms with Crippen LogP contribution in [0.25, 0.3) is 0 Å². The lowest BCUT2D eigenvalue weighted by Gasteiger charge is -2.23. The summed E-state index contributed by atoms with van der Waals surface area (Å²) in [6.07, 6.45) is 1.29. The zero-order valence-electron chi connectivity index (χ0n) is 11.8. The van der Waals surface area contributed by atoms with E-state index in [1.807, 2.05) is 31.2 Å². The first-order valence-electron chi connectivity index (χ1n) is 6.88. The van der Waals surface area contributed by atoms with Crippen molar-refractivity contribution in [3.63, 3.8) is 0 Å². The van der Waals surface area contributed by atoms with E-state index >= 15 is 0 Å². The first-order chi connectivity index (χ1) is 9.50. The minimum absolute atomic E-state index is 0.129. The van der Waals surface area contributed by atoms with Gasteiger partial charge in [0.15, 0.2) is 0 Å². The van der Waals surface area contributed by atoms with Crippen LogP contribution in [0.15, 0.2) is 24.3 Å². The topological polar surface area (TPSA) is 69.6 Å². The molecule has 5 heteroatoms. The van der Waals surface area contributed by atoms with E-state index in [2.05, 4.69) is 5.32 Å². The predicted octanol–water partition coefficient (Wildman–Crippen LogP) is 2.26. The number of carbonyl (C=O) groups is 2. The molecule has 20 heavy (non-hydrogen) atoms. The average Bonchev–Trinajstić information content (AvgIpc) is 2.74. The summed E-state index contributed by atoms with van der Waals surface area (Å²) in [5.74, 6) is -1.28. The van der Waals surface area contributed by atoms with E-state index in [4.69, 9.17) is 5.11 Å². The van der Waals surface area contributed by atoms with E-state index in [0.717, 1.165) is 12.1 Å². The van der Waals surface area contributed by atoms with Crippen molar-refractivity contribution in [2.45, 2.75) is 32.7 Å². The molecular formula is C15H20N2O3. The second kappa shape index (κ2) is 5.94. The smallest absolute Gasteiger partial charge is 0.322 e. The van der Waals surface area contributed by atoms with Crippen molar-refractivity contribution in [3.05, 3.63) is 29.8 Å². The van der Waals surface area contributed by atoms with Crippen molar-refractivity contribution in [2.24, 2.45) is 5.92 Å². The van der Waals surface area contributed by atoms with Crippen LogP contribution in [-0.2, 0) is 11.2 Å². The molecule has 1 aromatic rings. The van der Waals surface area contributed by atoms with E-state index in [0.29, 0.717) is 13.0 Å². The lowest BCUT2D eigenvalue weighted by Crippen LogP contribution is -2.43. The van der Waals surface area contributed by atoms with Crippen molar-refractivity contribution < 1.29 is 14.7 Å². The first kappa shape index (κ1) is 14.4. The molecule has 0 radical (unpaired) electrons. The zero-order chi connectivity index (χ0) is 14.7. The number of para-hydroxylation sites is 1. The largest absolute Gasteiger partial charge is 0.481 e. The standard InChI is InChI=1S/C15H20N2O3/c1-10(14(18)19)7-8-16-15(20)17-11(2)9-12-5-3-4-6-13(12)17/h3-6,10-11H,7-9H2,1-2H3,(H,16,20)(H,18,19). The van der Waals surface area contributed by atoms with Crippen LogP contribution in [0.5, 0.6) is 0 Å². The Morgan fingerprint density at radius 3 is 2.85 bits per heavy atom. The minimum atomic E-state index is -0.834. The summed E-state index contributed by atoms with van der Waals surface area (Å²) in [6, 6.07) is 7.85. The first-order valence-corrected chi connectivity index (χ1v) is 6.88. The van der Waals surface area contributed by atoms with Crippen molar-refractivity contribution >= 4 is 17.7 Å². The molecule has 2 N–H and O–H groups in total. The maximum absolute atomic E-state index is 12.2. The van der Waals surface area contributed by atoms with Gasteiger partial charge in [-0.05, 0) is 31.4 Å². The van der Waals surface area contributed by atoms with Gasteiger partial charge in [0.2, 0.25) is 0 Å². The molecule has 0 saturated carbocycles. The van der Waals surface area contributed by atoms with E-state index in [1.54, 1.807) is 11.8 Å². The number of carboxylic acids is 1. The third kappa shape index (κ3) is 2.92. The minimum Gasteiger partial charge on any atom is -0.481 e. The summed E-state index contributed by atoms with van der Waals surface area (Å²) >= 11 is 0. The third-order valence-electron chi connectivity index (χ3n) is 3.70. The Bertz CT molecular complexity index is 516. The molecule has 1 heterocycles. The highest BCUT2D eigenvalue weighted by atomic mass is 16.4. The predicted molar refractivity (Wildman–Crippen MR) is 76.9 cm³/mol. The quantitative estimate of drug-likeness (QED) is 0.886. The van der Waals surface area contributed by atoms with E-state index < -0.39 is 11.9 Å². The Balaban J connectivity index is 1.95. The number of hydrogen-bond donors (Lipinski definition) is 2. The molecule has 0 saturated heterocycles. The fraction of sp³-hybridized carbons (Fsp3) is 0.467. The Morgan fingerprint density at radius 1 is 1.45 bits per heavy atom. The molecular weight excluding hydrogens is 256 g/mol. The Morgan fingerprint density at radius 2 is 2.15 bits per heavy atom. The molecule has 0 aliphatic carbocycles. The van der Waals surface area contributed by atoms with Crippen LogP contribution >= 0.6 is 0 Å². The third-order valence-corrected chi connectivity index (χ3v) is 3.70. The van der Waals surface area contributed by atoms with Gasteiger partial charge in [0.25, 0.3) is 0 Å². The molecule has 2 atom stereocenters. The van der Waals surface area contributed by atoms with Gasteiger partial charge in [-0.1, -0.05) is 25.1 Å². The number of amides is 2. The van der Waals surface area contributed by atoms with Crippen molar-refractivity contribution in [2.75, 3.05) is 11.4 Å². The van der Waals surface area contributed by atoms with Crippen LogP contribution in [0.1, 0.15) is 25.8 Å². The summed E-state index contributed by atoms with van der Waals surface area (Å²) in [4.78, 5) is 24.7. The van der Waals surface area contributed by atoms with Gasteiger partial charge in [0.1, 0.15) is 0 Å². The van der Waals surface area contributed by atoms with Crippen LogP contribution in [0.2, 0.25) is 0 Å². The maximum Gasteiger partial charge on any atom is 0.322 e. The SMILES string of the molecule is CC(CCNC(=O)N1c2ccccc2CC1C)C(=O)O. The molecule has 0 fully saturated rings. The Kier molecular flexibility index (Phi) is 4.27. The van der Waals surface area contributed by atoms with Gasteiger partial charge < -0.3 is 10.4 Å². The second-order valence-electron chi connectivity index (χ2n) is 5.31. The molecule has 108 valence electrons. The van der Waals surface area contributed by atoms with Crippen LogP contribution in [0.3, 0.4) is 0 Å². The van der Waals surface area contributed by atoms with Crippen molar-refractivity contribution in [1.29, 1.82) is 0 Å². The van der Waals surface area contributed by atoms with Gasteiger partial charge >= 0.3 is 12.0 Å². The summed E-state index contributed by atoms with van der Waals surface area (Å²) in [5.41, 5.74) is 2.12. The molecule has 2 rings (SSSR count). The van der Waals surface area contributed by atoms with Crippen LogP contribution in [-0.4, -0.2) is 29.7 Å². The molecule has 2 amide bonds. The molecule has 1 aliphatic rings. The second-order valence-corrected chi connectivity index (χ2v) is 5.31. The van der Waals surface area contributed by atoms with Crippen LogP contribution in [0, 0.1) is 5.92 Å². The fourth-order valence-electron chi connectivity index (χ4n) is 2.48. The summed E-state index contributed by atoms with van der Waals surface area (Å²) < 4.78 is 0. The maximum atomic E-state index is 12.2. The number of benzene rings is 1. The van der Waals surface area contributed by atoms with Crippen molar-refractivity contribution in [1.82, 2.24) is 5.32 Å². The monoisotopic (exact) mass is 276 g/mol. The Labute approximate surface area is 118 Å². The van der Waals surface area contributed by atoms with Crippen LogP contribution < -0.4 is 10.2 Å². The molecule has 0 aromatic heterocycles. The average molecular weight is 276 g/mol. The molecule has 1 aliphatic heterocycles. The molecule has 2 unspecified atom stereocenters. The van der Waals surface area contributed by atoms with E-state index in [9.17, 15) is 9.59 Å². The fourth-order valence-corrected chi connectivity index (χ4v) is 2.48. The summed E-state index contributed by atoms with van der Waals surface area (Å²) in [6.45, 7) is 4.03. The number of aliphatic carboxylic acids is 1. The highest BCUT2D eigenvalue weighted by Crippen LogP contribution is 2.31. The number of carboxylic acid groups (broad SMARTS) is 1. The number of nitrogens with one attached hydrogen (secondary N) is 1. The number of nitrogens with zero attached hydrogens (tertiary/aromatic N) is 1. The number of hydrogen-bond acceptors (Lipinski definition) is 2. The number of carbonyl (C=O) groups excluding carboxylic acids is 1. The van der Waals surface area contributed by atoms with E-state index in [-0.39, 0.29) is 12.1 Å². The molecule has 5 nitrogen and oxygen atoms in total. The van der Waals surface area contributed by atoms with Crippen molar-refractivity contribution in [3.8, 4) is 0 Å². The number of fused-ring (bicyclic) bond motifs is 1. The molecule has 0 bridgehead atoms. The van der Waals surface area contributed by atoms with Gasteiger partial charge in [-0.25, -0.2) is 4.79 Å². The van der Waals surface area contributed by atoms with Gasteiger partial charge in [0.05, 0.1) is 5.92 Å². The summed E-state index contributed by atoms with van der Waals surface area (Å²) in [5, 5.41) is 11.6. The highest BCUT2D eigenvalue weighted by molar-refractivity contribution is 5.94. The van der Waals surface area contributed by atoms with Gasteiger partial charge in [0, 0.05) is 18.3 Å². The molecule has 0 spiro atoms. The van der Waals surface area contributed by atoms with E-state index in [1.165, 1.54) is 5.56 Å². The highest BCUT2D eigenvalue weighted by Gasteiger charge is 2.30. The number of urea groups is 1. The molecule has 1 aromatic carbocycles. The van der Waals surface area contributed by atoms with Gasteiger partial charge in [-0.15, -0.1) is 0 Å².